The second kappa shape index (κ2) is 9.33. The third-order valence-corrected chi connectivity index (χ3v) is 8.86. The fourth-order valence-corrected chi connectivity index (χ4v) is 5.28. The molecule has 4 aromatic rings. The highest BCUT2D eigenvalue weighted by atomic mass is 16.5. The molecule has 0 saturated carbocycles. The maximum atomic E-state index is 13.3. The number of fused-ring (bicyclic) bond motifs is 2. The molecule has 0 amide bonds. The number of aromatic nitrogens is 2. The fourth-order valence-electron chi connectivity index (χ4n) is 5.28. The number of benzene rings is 2. The first-order valence-electron chi connectivity index (χ1n) is 13.5. The number of nitrogens with zero attached hydrogens (tertiary/aromatic N) is 2. The number of ether oxygens (including phenoxy) is 1. The van der Waals surface area contributed by atoms with Crippen molar-refractivity contribution in [1.29, 1.82) is 0 Å². The van der Waals surface area contributed by atoms with Gasteiger partial charge in [-0.25, -0.2) is 4.57 Å². The van der Waals surface area contributed by atoms with E-state index in [0.717, 1.165) is 4.57 Å². The molecule has 0 fully saturated rings. The van der Waals surface area contributed by atoms with E-state index in [1.54, 1.807) is 24.3 Å². The van der Waals surface area contributed by atoms with Crippen LogP contribution in [0.1, 0.15) is 54.4 Å². The van der Waals surface area contributed by atoms with Crippen LogP contribution < -0.4 is 27.0 Å². The highest BCUT2D eigenvalue weighted by Gasteiger charge is 2.30. The van der Waals surface area contributed by atoms with Gasteiger partial charge >= 0.3 is 0 Å². The van der Waals surface area contributed by atoms with Crippen LogP contribution in [-0.4, -0.2) is 15.2 Å². The third kappa shape index (κ3) is 4.11. The molecule has 1 aliphatic rings. The summed E-state index contributed by atoms with van der Waals surface area (Å²) in [6.45, 7) is 12.3. The zero-order valence-electron chi connectivity index (χ0n) is 23.3. The molecule has 0 N–H and O–H groups in total. The minimum Gasteiger partial charge on any atom is -0.482 e. The molecule has 0 saturated heterocycles. The molecule has 2 aromatic carbocycles. The van der Waals surface area contributed by atoms with Crippen molar-refractivity contribution in [3.05, 3.63) is 102 Å². The van der Waals surface area contributed by atoms with Crippen LogP contribution in [0.25, 0.3) is 27.2 Å². The molecular formula is C32H34N2O5. The summed E-state index contributed by atoms with van der Waals surface area (Å²) in [5, 5.41) is 0.589. The fraction of sp³-hybridized carbons (Fsp3) is 0.375. The maximum Gasteiger partial charge on any atom is 0.266 e. The summed E-state index contributed by atoms with van der Waals surface area (Å²) >= 11 is 0. The van der Waals surface area contributed by atoms with E-state index in [-0.39, 0.29) is 33.1 Å². The Morgan fingerprint density at radius 3 is 1.72 bits per heavy atom. The Balaban J connectivity index is 1.51. The molecular weight excluding hydrogens is 492 g/mol. The van der Waals surface area contributed by atoms with Crippen molar-refractivity contribution in [2.45, 2.75) is 66.0 Å². The predicted octanol–water partition coefficient (Wildman–Crippen LogP) is 4.97. The molecule has 0 radical (unpaired) electrons. The molecule has 5 rings (SSSR count). The Morgan fingerprint density at radius 1 is 0.821 bits per heavy atom. The lowest BCUT2D eigenvalue weighted by atomic mass is 9.76. The molecule has 7 heteroatoms. The molecule has 1 aliphatic carbocycles. The summed E-state index contributed by atoms with van der Waals surface area (Å²) in [4.78, 5) is 53.2. The molecule has 0 bridgehead atoms. The largest absolute Gasteiger partial charge is 0.482 e. The predicted molar refractivity (Wildman–Crippen MR) is 156 cm³/mol. The van der Waals surface area contributed by atoms with Crippen LogP contribution in [0.4, 0.5) is 0 Å². The first kappa shape index (κ1) is 26.6. The van der Waals surface area contributed by atoms with E-state index in [0.29, 0.717) is 30.2 Å². The second-order valence-electron chi connectivity index (χ2n) is 11.4. The molecule has 0 aliphatic heterocycles. The van der Waals surface area contributed by atoms with Crippen molar-refractivity contribution in [3.63, 3.8) is 0 Å². The minimum absolute atomic E-state index is 0.00537. The highest BCUT2D eigenvalue weighted by molar-refractivity contribution is 5.98. The normalized spacial score (nSPS) is 19.5. The van der Waals surface area contributed by atoms with E-state index in [4.69, 9.17) is 4.74 Å². The average Bonchev–Trinajstić information content (AvgIpc) is 3.33. The average molecular weight is 527 g/mol. The van der Waals surface area contributed by atoms with Crippen LogP contribution in [0, 0.1) is 11.3 Å². The summed E-state index contributed by atoms with van der Waals surface area (Å²) in [5.74, 6) is 1.07. The van der Waals surface area contributed by atoms with Gasteiger partial charge in [-0.1, -0.05) is 46.8 Å². The van der Waals surface area contributed by atoms with Gasteiger partial charge in [-0.15, -0.1) is 0 Å². The summed E-state index contributed by atoms with van der Waals surface area (Å²) in [6.07, 6.45) is 9.38. The van der Waals surface area contributed by atoms with E-state index in [2.05, 4.69) is 32.9 Å². The van der Waals surface area contributed by atoms with Crippen LogP contribution in [-0.2, 0) is 5.54 Å². The first-order valence-corrected chi connectivity index (χ1v) is 13.5. The lowest BCUT2D eigenvalue weighted by Crippen LogP contribution is -2.42. The molecule has 2 heterocycles. The van der Waals surface area contributed by atoms with Gasteiger partial charge in [-0.05, 0) is 74.2 Å². The van der Waals surface area contributed by atoms with Gasteiger partial charge in [0.15, 0.2) is 0 Å². The first-order chi connectivity index (χ1) is 18.4. The molecule has 0 spiro atoms. The van der Waals surface area contributed by atoms with Crippen molar-refractivity contribution in [3.8, 4) is 11.4 Å². The molecule has 202 valence electrons. The molecule has 0 unspecified atom stereocenters. The Kier molecular flexibility index (Phi) is 6.36. The van der Waals surface area contributed by atoms with E-state index < -0.39 is 27.8 Å². The molecule has 7 nitrogen and oxygen atoms in total. The van der Waals surface area contributed by atoms with Gasteiger partial charge in [0, 0.05) is 11.0 Å². The Morgan fingerprint density at radius 2 is 1.28 bits per heavy atom. The van der Waals surface area contributed by atoms with Crippen molar-refractivity contribution >= 4 is 21.5 Å². The molecule has 0 atom stereocenters. The lowest BCUT2D eigenvalue weighted by Gasteiger charge is -2.30. The SMILES string of the molecule is CCC(C)(CC)n1c(=O)c2cc3c(=O)n(-c4ccc(OC5C=CC(C)(C(C)C)C=C5)cc4)c(=O)c3cc2c1=O. The third-order valence-electron chi connectivity index (χ3n) is 8.86. The van der Waals surface area contributed by atoms with Crippen LogP contribution in [0.2, 0.25) is 0 Å². The van der Waals surface area contributed by atoms with Gasteiger partial charge in [0.2, 0.25) is 0 Å². The smallest absolute Gasteiger partial charge is 0.266 e. The van der Waals surface area contributed by atoms with Crippen molar-refractivity contribution < 1.29 is 4.74 Å². The number of rotatable bonds is 7. The van der Waals surface area contributed by atoms with Gasteiger partial charge in [0.25, 0.3) is 22.2 Å². The summed E-state index contributed by atoms with van der Waals surface area (Å²) in [6, 6.07) is 9.56. The quantitative estimate of drug-likeness (QED) is 0.317. The van der Waals surface area contributed by atoms with Crippen LogP contribution in [0.15, 0.2) is 79.9 Å². The van der Waals surface area contributed by atoms with E-state index in [1.807, 2.05) is 32.9 Å². The van der Waals surface area contributed by atoms with Crippen molar-refractivity contribution in [2.75, 3.05) is 0 Å². The summed E-state index contributed by atoms with van der Waals surface area (Å²) in [5.41, 5.74) is -2.16. The molecule has 39 heavy (non-hydrogen) atoms. The Hall–Kier alpha value is -4.00. The van der Waals surface area contributed by atoms with Gasteiger partial charge in [0.05, 0.1) is 27.2 Å². The van der Waals surface area contributed by atoms with Gasteiger partial charge in [0.1, 0.15) is 11.9 Å². The number of allylic oxidation sites excluding steroid dienone is 2. The van der Waals surface area contributed by atoms with Crippen LogP contribution in [0.3, 0.4) is 0 Å². The van der Waals surface area contributed by atoms with Gasteiger partial charge < -0.3 is 4.74 Å². The van der Waals surface area contributed by atoms with E-state index in [1.165, 1.54) is 16.7 Å². The summed E-state index contributed by atoms with van der Waals surface area (Å²) in [7, 11) is 0. The number of hydrogen-bond donors (Lipinski definition) is 0. The Bertz CT molecular complexity index is 1750. The summed E-state index contributed by atoms with van der Waals surface area (Å²) < 4.78 is 8.41. The monoisotopic (exact) mass is 526 g/mol. The van der Waals surface area contributed by atoms with Crippen LogP contribution >= 0.6 is 0 Å². The van der Waals surface area contributed by atoms with Crippen molar-refractivity contribution in [1.82, 2.24) is 9.13 Å². The maximum absolute atomic E-state index is 13.3. The lowest BCUT2D eigenvalue weighted by molar-refractivity contribution is 0.280. The minimum atomic E-state index is -0.640. The molecule has 2 aromatic heterocycles. The topological polar surface area (TPSA) is 87.4 Å². The second-order valence-corrected chi connectivity index (χ2v) is 11.4. The standard InChI is InChI=1S/C32H34N2O5/c1-7-32(6,8-2)34-29(37)25-17-23-24(18-26(25)30(34)38)28(36)33(27(23)35)20-9-11-21(12-10-20)39-22-13-15-31(5,16-14-22)19(3)4/h9-19,22H,7-8H2,1-6H3. The van der Waals surface area contributed by atoms with Gasteiger partial charge in [-0.2, -0.15) is 0 Å². The highest BCUT2D eigenvalue weighted by Crippen LogP contribution is 2.34. The van der Waals surface area contributed by atoms with Crippen LogP contribution in [0.5, 0.6) is 5.75 Å². The zero-order chi connectivity index (χ0) is 28.3. The Labute approximate surface area is 226 Å². The number of hydrogen-bond acceptors (Lipinski definition) is 5. The zero-order valence-corrected chi connectivity index (χ0v) is 23.3. The van der Waals surface area contributed by atoms with E-state index in [9.17, 15) is 19.2 Å². The van der Waals surface area contributed by atoms with Gasteiger partial charge in [-0.3, -0.25) is 23.7 Å². The van der Waals surface area contributed by atoms with E-state index >= 15 is 0 Å². The van der Waals surface area contributed by atoms with Crippen molar-refractivity contribution in [2.24, 2.45) is 11.3 Å².